The Morgan fingerprint density at radius 3 is 2.26 bits per heavy atom. The molecule has 1 aromatic heterocycles. The van der Waals surface area contributed by atoms with Gasteiger partial charge in [0.1, 0.15) is 5.69 Å². The molecule has 1 aromatic carbocycles. The molecule has 0 atom stereocenters. The molecule has 2 aromatic rings. The molecule has 7 nitrogen and oxygen atoms in total. The van der Waals surface area contributed by atoms with Gasteiger partial charge in [0.2, 0.25) is 11.5 Å². The second-order valence-electron chi connectivity index (χ2n) is 4.35. The average Bonchev–Trinajstić information content (AvgIpc) is 2.97. The van der Waals surface area contributed by atoms with Crippen LogP contribution in [0.1, 0.15) is 10.5 Å². The summed E-state index contributed by atoms with van der Waals surface area (Å²) in [5.41, 5.74) is -0.312. The molecule has 0 aliphatic rings. The van der Waals surface area contributed by atoms with Gasteiger partial charge in [0.15, 0.2) is 0 Å². The summed E-state index contributed by atoms with van der Waals surface area (Å²) in [6.45, 7) is 0. The maximum Gasteiger partial charge on any atom is 0.371 e. The van der Waals surface area contributed by atoms with Crippen LogP contribution in [0.2, 0.25) is 5.02 Å². The number of hydrogen-bond acceptors (Lipinski definition) is 5. The lowest BCUT2D eigenvalue weighted by Crippen LogP contribution is -2.17. The van der Waals surface area contributed by atoms with Crippen molar-refractivity contribution >= 4 is 33.4 Å². The fourth-order valence-corrected chi connectivity index (χ4v) is 3.22. The second kappa shape index (κ2) is 6.27. The molecule has 0 radical (unpaired) electrons. The molecule has 0 aliphatic carbocycles. The van der Waals surface area contributed by atoms with E-state index in [9.17, 15) is 18.0 Å². The van der Waals surface area contributed by atoms with Crippen LogP contribution in [-0.2, 0) is 14.8 Å². The summed E-state index contributed by atoms with van der Waals surface area (Å²) in [6, 6.07) is 7.83. The largest absolute Gasteiger partial charge is 0.502 e. The van der Waals surface area contributed by atoms with Gasteiger partial charge in [0.05, 0.1) is 4.90 Å². The lowest BCUT2D eigenvalue weighted by Gasteiger charge is -2.09. The van der Waals surface area contributed by atoms with Crippen molar-refractivity contribution in [2.24, 2.45) is 0 Å². The molecule has 23 heavy (non-hydrogen) atoms. The van der Waals surface area contributed by atoms with Gasteiger partial charge in [-0.1, -0.05) is 11.6 Å². The van der Waals surface area contributed by atoms with Crippen LogP contribution in [0.4, 0.5) is 0 Å². The minimum atomic E-state index is -4.07. The van der Waals surface area contributed by atoms with E-state index in [1.165, 1.54) is 36.4 Å². The molecule has 0 saturated carbocycles. The molecule has 0 aliphatic heterocycles. The van der Waals surface area contributed by atoms with Gasteiger partial charge in [-0.3, -0.25) is 4.79 Å². The lowest BCUT2D eigenvalue weighted by molar-refractivity contribution is -0.135. The summed E-state index contributed by atoms with van der Waals surface area (Å²) >= 11 is 5.71. The Labute approximate surface area is 136 Å². The molecular weight excluding hydrogens is 346 g/mol. The van der Waals surface area contributed by atoms with E-state index in [0.717, 1.165) is 6.20 Å². The molecular formula is C14H10ClNO6S. The van der Waals surface area contributed by atoms with Gasteiger partial charge in [0.25, 0.3) is 10.0 Å². The van der Waals surface area contributed by atoms with Crippen molar-refractivity contribution in [1.29, 1.82) is 0 Å². The highest BCUT2D eigenvalue weighted by Gasteiger charge is 2.22. The standard InChI is InChI=1S/C14H10ClNO6S/c15-9-3-5-10(6-4-9)23(21,22)16-7-1-2-11(16)12(17)8-13(18)14(19)20/h1-8,18H,(H,19,20)/b13-8-. The van der Waals surface area contributed by atoms with E-state index in [-0.39, 0.29) is 10.6 Å². The minimum Gasteiger partial charge on any atom is -0.502 e. The number of carboxylic acids is 1. The summed E-state index contributed by atoms with van der Waals surface area (Å²) < 4.78 is 25.7. The first kappa shape index (κ1) is 16.8. The van der Waals surface area contributed by atoms with Crippen molar-refractivity contribution in [2.45, 2.75) is 4.90 Å². The van der Waals surface area contributed by atoms with Gasteiger partial charge >= 0.3 is 5.97 Å². The van der Waals surface area contributed by atoms with Crippen molar-refractivity contribution in [1.82, 2.24) is 3.97 Å². The number of benzene rings is 1. The Bertz CT molecular complexity index is 896. The Morgan fingerprint density at radius 1 is 1.09 bits per heavy atom. The van der Waals surface area contributed by atoms with Crippen molar-refractivity contribution in [3.8, 4) is 0 Å². The molecule has 0 amide bonds. The number of hydrogen-bond donors (Lipinski definition) is 2. The first-order chi connectivity index (χ1) is 10.7. The van der Waals surface area contributed by atoms with E-state index in [1.807, 2.05) is 0 Å². The smallest absolute Gasteiger partial charge is 0.371 e. The Morgan fingerprint density at radius 2 is 1.70 bits per heavy atom. The van der Waals surface area contributed by atoms with Crippen LogP contribution < -0.4 is 0 Å². The zero-order valence-corrected chi connectivity index (χ0v) is 13.0. The number of aliphatic carboxylic acids is 1. The topological polar surface area (TPSA) is 114 Å². The van der Waals surface area contributed by atoms with Crippen molar-refractivity contribution in [3.63, 3.8) is 0 Å². The molecule has 0 unspecified atom stereocenters. The summed E-state index contributed by atoms with van der Waals surface area (Å²) in [5.74, 6) is -3.85. The summed E-state index contributed by atoms with van der Waals surface area (Å²) in [6.07, 6.45) is 1.58. The number of ketones is 1. The second-order valence-corrected chi connectivity index (χ2v) is 6.60. The summed E-state index contributed by atoms with van der Waals surface area (Å²) in [7, 11) is -4.07. The normalized spacial score (nSPS) is 12.1. The average molecular weight is 356 g/mol. The molecule has 9 heteroatoms. The first-order valence-electron chi connectivity index (χ1n) is 6.10. The van der Waals surface area contributed by atoms with Crippen molar-refractivity contribution in [2.75, 3.05) is 0 Å². The fourth-order valence-electron chi connectivity index (χ4n) is 1.75. The Kier molecular flexibility index (Phi) is 4.57. The van der Waals surface area contributed by atoms with Crippen LogP contribution in [0.5, 0.6) is 0 Å². The molecule has 2 N–H and O–H groups in total. The van der Waals surface area contributed by atoms with E-state index >= 15 is 0 Å². The number of allylic oxidation sites excluding steroid dienone is 1. The number of halogens is 1. The van der Waals surface area contributed by atoms with E-state index in [0.29, 0.717) is 15.1 Å². The van der Waals surface area contributed by atoms with Gasteiger partial charge < -0.3 is 10.2 Å². The number of aliphatic hydroxyl groups is 1. The highest BCUT2D eigenvalue weighted by Crippen LogP contribution is 2.19. The number of aromatic nitrogens is 1. The zero-order valence-electron chi connectivity index (χ0n) is 11.4. The molecule has 120 valence electrons. The summed E-state index contributed by atoms with van der Waals surface area (Å²) in [4.78, 5) is 22.4. The van der Waals surface area contributed by atoms with Gasteiger partial charge in [-0.15, -0.1) is 0 Å². The predicted molar refractivity (Wildman–Crippen MR) is 81.1 cm³/mol. The number of carbonyl (C=O) groups excluding carboxylic acids is 1. The van der Waals surface area contributed by atoms with Gasteiger partial charge in [-0.05, 0) is 36.4 Å². The molecule has 1 heterocycles. The molecule has 0 bridgehead atoms. The SMILES string of the molecule is O=C(O)/C(O)=C/C(=O)c1cccn1S(=O)(=O)c1ccc(Cl)cc1. The van der Waals surface area contributed by atoms with Crippen LogP contribution in [0.3, 0.4) is 0 Å². The van der Waals surface area contributed by atoms with Gasteiger partial charge in [-0.25, -0.2) is 17.2 Å². The van der Waals surface area contributed by atoms with E-state index in [2.05, 4.69) is 0 Å². The third-order valence-electron chi connectivity index (χ3n) is 2.82. The quantitative estimate of drug-likeness (QED) is 0.482. The first-order valence-corrected chi connectivity index (χ1v) is 7.92. The predicted octanol–water partition coefficient (Wildman–Crippen LogP) is 2.09. The van der Waals surface area contributed by atoms with Crippen molar-refractivity contribution < 1.29 is 28.2 Å². The molecule has 0 fully saturated rings. The van der Waals surface area contributed by atoms with Gasteiger partial charge in [-0.2, -0.15) is 0 Å². The lowest BCUT2D eigenvalue weighted by atomic mass is 10.2. The van der Waals surface area contributed by atoms with E-state index < -0.39 is 27.5 Å². The maximum atomic E-state index is 12.5. The van der Waals surface area contributed by atoms with Gasteiger partial charge in [0, 0.05) is 17.3 Å². The minimum absolute atomic E-state index is 0.0985. The Balaban J connectivity index is 2.49. The molecule has 0 saturated heterocycles. The molecule has 2 rings (SSSR count). The monoisotopic (exact) mass is 355 g/mol. The third kappa shape index (κ3) is 3.43. The van der Waals surface area contributed by atoms with Crippen LogP contribution in [0, 0.1) is 0 Å². The third-order valence-corrected chi connectivity index (χ3v) is 4.78. The number of nitrogens with zero attached hydrogens (tertiary/aromatic N) is 1. The van der Waals surface area contributed by atoms with Crippen LogP contribution in [-0.4, -0.2) is 34.4 Å². The highest BCUT2D eigenvalue weighted by molar-refractivity contribution is 7.90. The Hall–Kier alpha value is -2.58. The number of carboxylic acid groups (broad SMARTS) is 1. The van der Waals surface area contributed by atoms with Crippen molar-refractivity contribution in [3.05, 3.63) is 65.1 Å². The number of aliphatic hydroxyl groups excluding tert-OH is 1. The number of carbonyl (C=O) groups is 2. The van der Waals surface area contributed by atoms with Crippen LogP contribution >= 0.6 is 11.6 Å². The zero-order chi connectivity index (χ0) is 17.2. The fraction of sp³-hybridized carbons (Fsp3) is 0. The highest BCUT2D eigenvalue weighted by atomic mass is 35.5. The van der Waals surface area contributed by atoms with E-state index in [4.69, 9.17) is 21.8 Å². The summed E-state index contributed by atoms with van der Waals surface area (Å²) in [5, 5.41) is 18.0. The maximum absolute atomic E-state index is 12.5. The number of rotatable bonds is 5. The van der Waals surface area contributed by atoms with Crippen LogP contribution in [0.25, 0.3) is 0 Å². The van der Waals surface area contributed by atoms with Crippen LogP contribution in [0.15, 0.2) is 59.3 Å². The molecule has 0 spiro atoms. The van der Waals surface area contributed by atoms with E-state index in [1.54, 1.807) is 0 Å².